The fourth-order valence-electron chi connectivity index (χ4n) is 1.70. The molecule has 102 valence electrons. The van der Waals surface area contributed by atoms with Crippen LogP contribution in [-0.4, -0.2) is 12.8 Å². The van der Waals surface area contributed by atoms with Crippen molar-refractivity contribution in [3.8, 4) is 0 Å². The fourth-order valence-corrected chi connectivity index (χ4v) is 4.33. The highest BCUT2D eigenvalue weighted by Gasteiger charge is 2.29. The molecule has 0 heterocycles. The second-order valence-electron chi connectivity index (χ2n) is 4.27. The van der Waals surface area contributed by atoms with Gasteiger partial charge in [0, 0.05) is 12.6 Å². The predicted molar refractivity (Wildman–Crippen MR) is 77.7 cm³/mol. The normalized spacial score (nSPS) is 11.7. The Bertz CT molecular complexity index is 605. The van der Waals surface area contributed by atoms with Crippen LogP contribution in [0.3, 0.4) is 0 Å². The van der Waals surface area contributed by atoms with E-state index in [1.807, 2.05) is 62.5 Å². The highest BCUT2D eigenvalue weighted by molar-refractivity contribution is 6.07. The molecule has 2 aromatic carbocycles. The van der Waals surface area contributed by atoms with Gasteiger partial charge >= 0.3 is 21.2 Å². The van der Waals surface area contributed by atoms with Gasteiger partial charge in [-0.1, -0.05) is 48.5 Å². The quantitative estimate of drug-likeness (QED) is 0.460. The third kappa shape index (κ3) is 3.70. The number of nitrogens with one attached hydrogen (secondary N) is 1. The third-order valence-electron chi connectivity index (χ3n) is 2.88. The first-order chi connectivity index (χ1) is 9.72. The molecule has 0 fully saturated rings. The summed E-state index contributed by atoms with van der Waals surface area (Å²) < 4.78 is 2.17. The van der Waals surface area contributed by atoms with Crippen LogP contribution in [-0.2, 0) is 0 Å². The van der Waals surface area contributed by atoms with E-state index in [1.54, 1.807) is 0 Å². The van der Waals surface area contributed by atoms with E-state index in [0.29, 0.717) is 0 Å². The highest BCUT2D eigenvalue weighted by atomic mass is 127. The van der Waals surface area contributed by atoms with Crippen LogP contribution < -0.4 is 26.5 Å². The first-order valence-electron chi connectivity index (χ1n) is 6.40. The van der Waals surface area contributed by atoms with Gasteiger partial charge < -0.3 is 5.32 Å². The summed E-state index contributed by atoms with van der Waals surface area (Å²) in [5, 5.41) is 3.12. The standard InChI is InChI=1S/C17H16INO/c1-13(19-2)16(18-15-11-7-4-8-12-15)17(20)14-9-5-3-6-10-14/h3-12H,1-2H3/p+1. The molecule has 0 atom stereocenters. The Labute approximate surface area is 130 Å². The van der Waals surface area contributed by atoms with E-state index in [2.05, 4.69) is 17.4 Å². The molecule has 0 aliphatic heterocycles. The lowest BCUT2D eigenvalue weighted by Gasteiger charge is -2.01. The minimum atomic E-state index is -0.484. The number of allylic oxidation sites excluding steroid dienone is 2. The number of ketones is 1. The molecule has 2 aromatic rings. The average molecular weight is 378 g/mol. The Morgan fingerprint density at radius 1 is 0.950 bits per heavy atom. The zero-order valence-corrected chi connectivity index (χ0v) is 13.7. The summed E-state index contributed by atoms with van der Waals surface area (Å²) in [5.74, 6) is 0.133. The van der Waals surface area contributed by atoms with E-state index in [1.165, 1.54) is 3.57 Å². The number of rotatable bonds is 5. The molecule has 2 rings (SSSR count). The monoisotopic (exact) mass is 378 g/mol. The Morgan fingerprint density at radius 2 is 1.50 bits per heavy atom. The molecule has 0 saturated carbocycles. The zero-order valence-electron chi connectivity index (χ0n) is 11.6. The Kier molecular flexibility index (Phi) is 5.35. The van der Waals surface area contributed by atoms with Crippen LogP contribution in [0.1, 0.15) is 17.3 Å². The minimum Gasteiger partial charge on any atom is -0.388 e. The molecule has 1 N–H and O–H groups in total. The molecular weight excluding hydrogens is 361 g/mol. The molecule has 0 spiro atoms. The first-order valence-corrected chi connectivity index (χ1v) is 8.56. The summed E-state index contributed by atoms with van der Waals surface area (Å²) in [4.78, 5) is 12.7. The van der Waals surface area contributed by atoms with E-state index < -0.39 is 21.2 Å². The largest absolute Gasteiger partial charge is 0.388 e. The van der Waals surface area contributed by atoms with Crippen molar-refractivity contribution < 1.29 is 26.0 Å². The number of hydrogen-bond acceptors (Lipinski definition) is 2. The van der Waals surface area contributed by atoms with Gasteiger partial charge in [-0.25, -0.2) is 0 Å². The predicted octanol–water partition coefficient (Wildman–Crippen LogP) is 0.279. The van der Waals surface area contributed by atoms with Crippen molar-refractivity contribution in [2.75, 3.05) is 7.05 Å². The van der Waals surface area contributed by atoms with E-state index in [-0.39, 0.29) is 5.78 Å². The maximum atomic E-state index is 12.7. The molecule has 0 bridgehead atoms. The van der Waals surface area contributed by atoms with Gasteiger partial charge in [-0.05, 0) is 19.1 Å². The summed E-state index contributed by atoms with van der Waals surface area (Å²) >= 11 is -0.484. The second kappa shape index (κ2) is 7.24. The molecule has 0 aromatic heterocycles. The molecule has 0 aliphatic carbocycles. The van der Waals surface area contributed by atoms with Gasteiger partial charge in [0.05, 0.1) is 5.70 Å². The molecule has 20 heavy (non-hydrogen) atoms. The number of benzene rings is 2. The van der Waals surface area contributed by atoms with Crippen LogP contribution >= 0.6 is 0 Å². The van der Waals surface area contributed by atoms with Gasteiger partial charge in [-0.3, -0.25) is 4.79 Å². The second-order valence-corrected chi connectivity index (χ2v) is 7.14. The van der Waals surface area contributed by atoms with Gasteiger partial charge in [0.15, 0.2) is 3.57 Å². The lowest BCUT2D eigenvalue weighted by molar-refractivity contribution is -0.570. The summed E-state index contributed by atoms with van der Waals surface area (Å²) in [6, 6.07) is 19.7. The maximum Gasteiger partial charge on any atom is 0.364 e. The number of carbonyl (C=O) groups excluding carboxylic acids is 1. The van der Waals surface area contributed by atoms with Crippen molar-refractivity contribution in [2.45, 2.75) is 6.92 Å². The van der Waals surface area contributed by atoms with Gasteiger partial charge in [0.2, 0.25) is 5.78 Å². The Balaban J connectivity index is 2.33. The Morgan fingerprint density at radius 3 is 2.05 bits per heavy atom. The van der Waals surface area contributed by atoms with E-state index >= 15 is 0 Å². The van der Waals surface area contributed by atoms with Crippen molar-refractivity contribution in [1.82, 2.24) is 5.32 Å². The molecule has 0 saturated heterocycles. The number of halogens is 1. The van der Waals surface area contributed by atoms with Gasteiger partial charge in [-0.15, -0.1) is 0 Å². The van der Waals surface area contributed by atoms with Crippen LogP contribution in [0.4, 0.5) is 0 Å². The van der Waals surface area contributed by atoms with Gasteiger partial charge in [-0.2, -0.15) is 0 Å². The first kappa shape index (κ1) is 14.8. The molecule has 2 nitrogen and oxygen atoms in total. The lowest BCUT2D eigenvalue weighted by Crippen LogP contribution is -3.61. The molecule has 3 heteroatoms. The highest BCUT2D eigenvalue weighted by Crippen LogP contribution is 2.05. The van der Waals surface area contributed by atoms with Gasteiger partial charge in [0.25, 0.3) is 3.58 Å². The van der Waals surface area contributed by atoms with E-state index in [0.717, 1.165) is 14.8 Å². The fraction of sp³-hybridized carbons (Fsp3) is 0.118. The molecular formula is C17H17INO+. The van der Waals surface area contributed by atoms with E-state index in [4.69, 9.17) is 0 Å². The summed E-state index contributed by atoms with van der Waals surface area (Å²) in [5.41, 5.74) is 1.73. The third-order valence-corrected chi connectivity index (χ3v) is 6.06. The molecule has 0 aliphatic rings. The van der Waals surface area contributed by atoms with Crippen molar-refractivity contribution in [2.24, 2.45) is 0 Å². The van der Waals surface area contributed by atoms with E-state index in [9.17, 15) is 4.79 Å². The number of Topliss-reactive ketones (excluding diaryl/α,β-unsaturated/α-hetero) is 1. The van der Waals surface area contributed by atoms with Crippen LogP contribution in [0.5, 0.6) is 0 Å². The summed E-state index contributed by atoms with van der Waals surface area (Å²) in [7, 11) is 1.86. The molecule has 0 radical (unpaired) electrons. The summed E-state index contributed by atoms with van der Waals surface area (Å²) in [6.45, 7) is 1.97. The molecule has 0 unspecified atom stereocenters. The topological polar surface area (TPSA) is 29.1 Å². The average Bonchev–Trinajstić information content (AvgIpc) is 2.53. The Hall–Kier alpha value is -1.62. The zero-order chi connectivity index (χ0) is 14.4. The van der Waals surface area contributed by atoms with Crippen molar-refractivity contribution >= 4 is 5.78 Å². The minimum absolute atomic E-state index is 0.133. The number of hydrogen-bond donors (Lipinski definition) is 1. The van der Waals surface area contributed by atoms with Crippen molar-refractivity contribution in [1.29, 1.82) is 0 Å². The van der Waals surface area contributed by atoms with Crippen molar-refractivity contribution in [3.05, 3.63) is 79.1 Å². The van der Waals surface area contributed by atoms with Crippen LogP contribution in [0.25, 0.3) is 0 Å². The van der Waals surface area contributed by atoms with Crippen molar-refractivity contribution in [3.63, 3.8) is 0 Å². The molecule has 0 amide bonds. The lowest BCUT2D eigenvalue weighted by atomic mass is 10.1. The van der Waals surface area contributed by atoms with Crippen LogP contribution in [0, 0.1) is 3.57 Å². The van der Waals surface area contributed by atoms with Crippen LogP contribution in [0.15, 0.2) is 69.9 Å². The SMILES string of the molecule is CN/C(C)=C(/[I+]c1ccccc1)C(=O)c1ccccc1. The van der Waals surface area contributed by atoms with Gasteiger partial charge in [0.1, 0.15) is 0 Å². The summed E-state index contributed by atoms with van der Waals surface area (Å²) in [6.07, 6.45) is 0. The number of carbonyl (C=O) groups is 1. The van der Waals surface area contributed by atoms with Crippen LogP contribution in [0.2, 0.25) is 0 Å². The smallest absolute Gasteiger partial charge is 0.364 e. The maximum absolute atomic E-state index is 12.7.